The van der Waals surface area contributed by atoms with Gasteiger partial charge in [-0.1, -0.05) is 0 Å². The van der Waals surface area contributed by atoms with Crippen LogP contribution in [0.1, 0.15) is 0 Å². The van der Waals surface area contributed by atoms with Crippen molar-refractivity contribution in [1.29, 1.82) is 0 Å². The molecule has 0 amide bonds. The van der Waals surface area contributed by atoms with Gasteiger partial charge in [0.15, 0.2) is 0 Å². The number of nitrogens with two attached hydrogens (primary N) is 1. The van der Waals surface area contributed by atoms with Crippen molar-refractivity contribution in [3.63, 3.8) is 0 Å². The molecule has 1 aromatic carbocycles. The first-order valence-corrected chi connectivity index (χ1v) is 6.59. The second-order valence-corrected chi connectivity index (χ2v) is 4.19. The highest BCUT2D eigenvalue weighted by molar-refractivity contribution is 5.81. The molecule has 9 heteroatoms. The molecule has 0 aliphatic rings. The molecule has 1 aromatic rings. The summed E-state index contributed by atoms with van der Waals surface area (Å²) in [5, 5.41) is 37.7. The molecular weight excluding hydrogens is 278 g/mol. The van der Waals surface area contributed by atoms with E-state index in [1.165, 1.54) is 0 Å². The third-order valence-electron chi connectivity index (χ3n) is 2.62. The Balaban J connectivity index is 3.17. The largest absolute Gasteiger partial charge is 0.395 e. The molecule has 21 heavy (non-hydrogen) atoms. The Kier molecular flexibility index (Phi) is 7.23. The third kappa shape index (κ3) is 5.06. The Labute approximate surface area is 122 Å². The summed E-state index contributed by atoms with van der Waals surface area (Å²) in [5.41, 5.74) is 6.53. The fourth-order valence-corrected chi connectivity index (χ4v) is 1.80. The van der Waals surface area contributed by atoms with Gasteiger partial charge in [0, 0.05) is 31.9 Å². The number of anilines is 3. The number of nitro groups is 1. The summed E-state index contributed by atoms with van der Waals surface area (Å²) in [5.74, 6) is 0. The molecule has 0 saturated heterocycles. The summed E-state index contributed by atoms with van der Waals surface area (Å²) in [4.78, 5) is 10.7. The average molecular weight is 299 g/mol. The maximum absolute atomic E-state index is 11.3. The maximum Gasteiger partial charge on any atom is 0.315 e. The van der Waals surface area contributed by atoms with Crippen LogP contribution in [0.15, 0.2) is 12.1 Å². The van der Waals surface area contributed by atoms with Crippen molar-refractivity contribution >= 4 is 22.7 Å². The van der Waals surface area contributed by atoms with Gasteiger partial charge < -0.3 is 31.9 Å². The van der Waals surface area contributed by atoms with E-state index in [9.17, 15) is 10.1 Å². The van der Waals surface area contributed by atoms with E-state index in [0.29, 0.717) is 18.8 Å². The molecule has 9 nitrogen and oxygen atoms in total. The van der Waals surface area contributed by atoms with Gasteiger partial charge in [-0.25, -0.2) is 0 Å². The van der Waals surface area contributed by atoms with Gasteiger partial charge in [0.2, 0.25) is 0 Å². The average Bonchev–Trinajstić information content (AvgIpc) is 2.47. The zero-order valence-electron chi connectivity index (χ0n) is 11.6. The van der Waals surface area contributed by atoms with Crippen molar-refractivity contribution in [1.82, 2.24) is 0 Å². The number of rotatable bonds is 10. The quantitative estimate of drug-likeness (QED) is 0.257. The van der Waals surface area contributed by atoms with Crippen LogP contribution in [0.2, 0.25) is 0 Å². The minimum Gasteiger partial charge on any atom is -0.395 e. The number of aliphatic hydroxyl groups is 2. The Hall–Kier alpha value is -2.10. The Bertz CT molecular complexity index is 440. The van der Waals surface area contributed by atoms with Crippen molar-refractivity contribution in [2.45, 2.75) is 0 Å². The monoisotopic (exact) mass is 299 g/mol. The van der Waals surface area contributed by atoms with E-state index in [1.807, 2.05) is 0 Å². The lowest BCUT2D eigenvalue weighted by Crippen LogP contribution is -2.15. The summed E-state index contributed by atoms with van der Waals surface area (Å²) in [6, 6.07) is 3.18. The zero-order chi connectivity index (χ0) is 15.7. The van der Waals surface area contributed by atoms with Crippen LogP contribution in [0.4, 0.5) is 22.7 Å². The van der Waals surface area contributed by atoms with E-state index < -0.39 is 4.92 Å². The fraction of sp³-hybridized carbons (Fsp3) is 0.500. The highest BCUT2D eigenvalue weighted by atomic mass is 16.6. The number of benzene rings is 1. The molecule has 0 unspecified atom stereocenters. The first kappa shape index (κ1) is 17.0. The van der Waals surface area contributed by atoms with E-state index in [1.54, 1.807) is 12.1 Å². The summed E-state index contributed by atoms with van der Waals surface area (Å²) < 4.78 is 0. The second kappa shape index (κ2) is 8.95. The predicted octanol–water partition coefficient (Wildman–Crippen LogP) is -0.226. The first-order chi connectivity index (χ1) is 10.1. The number of nitrogens with zero attached hydrogens (tertiary/aromatic N) is 1. The lowest BCUT2D eigenvalue weighted by molar-refractivity contribution is -0.383. The van der Waals surface area contributed by atoms with Gasteiger partial charge in [0.25, 0.3) is 0 Å². The molecule has 0 saturated carbocycles. The Morgan fingerprint density at radius 3 is 1.95 bits per heavy atom. The van der Waals surface area contributed by atoms with Crippen LogP contribution in [0.3, 0.4) is 0 Å². The SMILES string of the molecule is NCCNc1cc(NCCO)c([N+](=O)[O-])c(NCCO)c1. The standard InChI is InChI=1S/C12H21N5O4/c13-1-2-14-9-7-10(15-3-5-18)12(17(20)21)11(8-9)16-4-6-19/h7-8,14-16,18-19H,1-6,13H2. The van der Waals surface area contributed by atoms with Gasteiger partial charge in [-0.2, -0.15) is 0 Å². The highest BCUT2D eigenvalue weighted by Gasteiger charge is 2.21. The van der Waals surface area contributed by atoms with E-state index >= 15 is 0 Å². The van der Waals surface area contributed by atoms with Crippen LogP contribution >= 0.6 is 0 Å². The topological polar surface area (TPSA) is 146 Å². The minimum atomic E-state index is -0.508. The number of nitrogens with one attached hydrogen (secondary N) is 3. The van der Waals surface area contributed by atoms with E-state index in [2.05, 4.69) is 16.0 Å². The highest BCUT2D eigenvalue weighted by Crippen LogP contribution is 2.36. The molecule has 0 bridgehead atoms. The van der Waals surface area contributed by atoms with Crippen LogP contribution in [-0.4, -0.2) is 54.5 Å². The first-order valence-electron chi connectivity index (χ1n) is 6.59. The van der Waals surface area contributed by atoms with Crippen molar-refractivity contribution in [2.24, 2.45) is 5.73 Å². The molecular formula is C12H21N5O4. The number of nitro benzene ring substituents is 1. The van der Waals surface area contributed by atoms with Gasteiger partial charge in [0.1, 0.15) is 11.4 Å². The molecule has 0 spiro atoms. The smallest absolute Gasteiger partial charge is 0.315 e. The van der Waals surface area contributed by atoms with Crippen molar-refractivity contribution in [3.05, 3.63) is 22.2 Å². The summed E-state index contributed by atoms with van der Waals surface area (Å²) in [6.07, 6.45) is 0. The van der Waals surface area contributed by atoms with E-state index in [4.69, 9.17) is 15.9 Å². The molecule has 1 rings (SSSR count). The minimum absolute atomic E-state index is 0.129. The summed E-state index contributed by atoms with van der Waals surface area (Å²) in [6.45, 7) is 1.06. The molecule has 7 N–H and O–H groups in total. The number of hydrogen-bond donors (Lipinski definition) is 6. The van der Waals surface area contributed by atoms with Crippen LogP contribution in [0.25, 0.3) is 0 Å². The van der Waals surface area contributed by atoms with Crippen molar-refractivity contribution in [2.75, 3.05) is 55.3 Å². The molecule has 0 aliphatic heterocycles. The van der Waals surface area contributed by atoms with E-state index in [-0.39, 0.29) is 43.4 Å². The molecule has 118 valence electrons. The van der Waals surface area contributed by atoms with Gasteiger partial charge in [0.05, 0.1) is 18.1 Å². The Morgan fingerprint density at radius 2 is 1.57 bits per heavy atom. The van der Waals surface area contributed by atoms with Crippen molar-refractivity contribution in [3.8, 4) is 0 Å². The normalized spacial score (nSPS) is 10.2. The van der Waals surface area contributed by atoms with Gasteiger partial charge in [-0.05, 0) is 12.1 Å². The number of aliphatic hydroxyl groups excluding tert-OH is 2. The second-order valence-electron chi connectivity index (χ2n) is 4.19. The zero-order valence-corrected chi connectivity index (χ0v) is 11.6. The van der Waals surface area contributed by atoms with Crippen LogP contribution in [-0.2, 0) is 0 Å². The summed E-state index contributed by atoms with van der Waals surface area (Å²) in [7, 11) is 0. The van der Waals surface area contributed by atoms with Gasteiger partial charge in [-0.3, -0.25) is 10.1 Å². The van der Waals surface area contributed by atoms with Crippen molar-refractivity contribution < 1.29 is 15.1 Å². The maximum atomic E-state index is 11.3. The fourth-order valence-electron chi connectivity index (χ4n) is 1.80. The third-order valence-corrected chi connectivity index (χ3v) is 2.62. The lowest BCUT2D eigenvalue weighted by Gasteiger charge is -2.14. The molecule has 0 heterocycles. The van der Waals surface area contributed by atoms with Crippen LogP contribution in [0, 0.1) is 10.1 Å². The van der Waals surface area contributed by atoms with E-state index in [0.717, 1.165) is 0 Å². The predicted molar refractivity (Wildman–Crippen MR) is 81.8 cm³/mol. The van der Waals surface area contributed by atoms with Gasteiger partial charge in [-0.15, -0.1) is 0 Å². The lowest BCUT2D eigenvalue weighted by atomic mass is 10.2. The molecule has 0 aliphatic carbocycles. The summed E-state index contributed by atoms with van der Waals surface area (Å²) >= 11 is 0. The Morgan fingerprint density at radius 1 is 1.05 bits per heavy atom. The molecule has 0 fully saturated rings. The van der Waals surface area contributed by atoms with Gasteiger partial charge >= 0.3 is 5.69 Å². The number of hydrogen-bond acceptors (Lipinski definition) is 8. The molecule has 0 radical (unpaired) electrons. The van der Waals surface area contributed by atoms with Crippen LogP contribution < -0.4 is 21.7 Å². The van der Waals surface area contributed by atoms with Crippen LogP contribution in [0.5, 0.6) is 0 Å². The molecule has 0 atom stereocenters. The molecule has 0 aromatic heterocycles.